The number of halogens is 1. The predicted octanol–water partition coefficient (Wildman–Crippen LogP) is 4.48. The van der Waals surface area contributed by atoms with E-state index in [-0.39, 0.29) is 5.75 Å². The van der Waals surface area contributed by atoms with Crippen LogP contribution in [0.15, 0.2) is 49.1 Å². The monoisotopic (exact) mass is 377 g/mol. The highest BCUT2D eigenvalue weighted by atomic mass is 19.1. The van der Waals surface area contributed by atoms with Crippen LogP contribution in [0.1, 0.15) is 12.5 Å². The van der Waals surface area contributed by atoms with Crippen molar-refractivity contribution in [1.29, 1.82) is 0 Å². The van der Waals surface area contributed by atoms with Crippen molar-refractivity contribution in [3.8, 4) is 16.9 Å². The first-order valence-corrected chi connectivity index (χ1v) is 8.95. The summed E-state index contributed by atoms with van der Waals surface area (Å²) in [7, 11) is 3.33. The quantitative estimate of drug-likeness (QED) is 0.555. The van der Waals surface area contributed by atoms with Crippen molar-refractivity contribution in [2.75, 3.05) is 12.4 Å². The first kappa shape index (κ1) is 17.9. The first-order valence-electron chi connectivity index (χ1n) is 8.95. The minimum Gasteiger partial charge on any atom is -0.494 e. The number of methoxy groups -OCH3 is 1. The van der Waals surface area contributed by atoms with Gasteiger partial charge in [-0.1, -0.05) is 6.92 Å². The topological polar surface area (TPSA) is 64.9 Å². The second kappa shape index (κ2) is 7.26. The van der Waals surface area contributed by atoms with Crippen LogP contribution in [0.5, 0.6) is 5.75 Å². The van der Waals surface area contributed by atoms with Crippen molar-refractivity contribution >= 4 is 22.4 Å². The molecule has 3 heterocycles. The van der Waals surface area contributed by atoms with E-state index in [0.29, 0.717) is 11.5 Å². The Kier molecular flexibility index (Phi) is 4.65. The van der Waals surface area contributed by atoms with Crippen LogP contribution in [-0.4, -0.2) is 26.9 Å². The fourth-order valence-corrected chi connectivity index (χ4v) is 3.06. The molecule has 142 valence electrons. The van der Waals surface area contributed by atoms with Crippen LogP contribution in [0, 0.1) is 5.82 Å². The number of fused-ring (bicyclic) bond motifs is 1. The maximum Gasteiger partial charge on any atom is 0.188 e. The van der Waals surface area contributed by atoms with Gasteiger partial charge in [-0.15, -0.1) is 0 Å². The Morgan fingerprint density at radius 2 is 1.93 bits per heavy atom. The van der Waals surface area contributed by atoms with Gasteiger partial charge in [0, 0.05) is 36.0 Å². The van der Waals surface area contributed by atoms with Gasteiger partial charge in [-0.25, -0.2) is 9.37 Å². The predicted molar refractivity (Wildman–Crippen MR) is 107 cm³/mol. The normalized spacial score (nSPS) is 11.0. The Bertz CT molecular complexity index is 1150. The van der Waals surface area contributed by atoms with Crippen molar-refractivity contribution < 1.29 is 9.13 Å². The van der Waals surface area contributed by atoms with E-state index >= 15 is 0 Å². The first-order chi connectivity index (χ1) is 13.6. The van der Waals surface area contributed by atoms with Gasteiger partial charge >= 0.3 is 0 Å². The van der Waals surface area contributed by atoms with Gasteiger partial charge in [0.15, 0.2) is 11.6 Å². The molecule has 0 atom stereocenters. The zero-order valence-corrected chi connectivity index (χ0v) is 15.9. The van der Waals surface area contributed by atoms with E-state index < -0.39 is 5.82 Å². The van der Waals surface area contributed by atoms with Gasteiger partial charge in [-0.05, 0) is 36.2 Å². The molecule has 0 radical (unpaired) electrons. The summed E-state index contributed by atoms with van der Waals surface area (Å²) in [5.41, 5.74) is 4.01. The van der Waals surface area contributed by atoms with E-state index in [9.17, 15) is 4.39 Å². The molecule has 0 saturated heterocycles. The molecule has 0 aliphatic heterocycles. The lowest BCUT2D eigenvalue weighted by Gasteiger charge is -2.12. The number of pyridine rings is 2. The third-order valence-electron chi connectivity index (χ3n) is 4.60. The molecule has 0 bridgehead atoms. The Labute approximate surface area is 162 Å². The highest BCUT2D eigenvalue weighted by Crippen LogP contribution is 2.30. The van der Waals surface area contributed by atoms with Crippen molar-refractivity contribution in [2.45, 2.75) is 13.3 Å². The van der Waals surface area contributed by atoms with Crippen LogP contribution in [-0.2, 0) is 13.5 Å². The SMILES string of the molecule is CCc1cc(Nc2cc3cc(-c4cnn(C)c4)cnc3cn2)c(F)c(OC)c1. The number of rotatable bonds is 5. The van der Waals surface area contributed by atoms with Gasteiger partial charge in [0.05, 0.1) is 30.7 Å². The standard InChI is InChI=1S/C21H20FN5O/c1-4-13-5-17(21(22)19(6-13)28-3)26-20-8-14-7-15(9-23-18(14)11-24-20)16-10-25-27(2)12-16/h5-12H,4H2,1-3H3,(H,24,26). The smallest absolute Gasteiger partial charge is 0.188 e. The number of nitrogens with zero attached hydrogens (tertiary/aromatic N) is 4. The van der Waals surface area contributed by atoms with E-state index in [1.54, 1.807) is 35.4 Å². The summed E-state index contributed by atoms with van der Waals surface area (Å²) >= 11 is 0. The summed E-state index contributed by atoms with van der Waals surface area (Å²) in [6.45, 7) is 2.01. The fraction of sp³-hybridized carbons (Fsp3) is 0.190. The summed E-state index contributed by atoms with van der Waals surface area (Å²) < 4.78 is 21.5. The lowest BCUT2D eigenvalue weighted by molar-refractivity contribution is 0.387. The van der Waals surface area contributed by atoms with Crippen LogP contribution >= 0.6 is 0 Å². The fourth-order valence-electron chi connectivity index (χ4n) is 3.06. The number of aromatic nitrogens is 4. The molecule has 0 aliphatic rings. The van der Waals surface area contributed by atoms with Crippen LogP contribution in [0.25, 0.3) is 22.0 Å². The number of aryl methyl sites for hydroxylation is 2. The zero-order chi connectivity index (χ0) is 19.7. The molecular formula is C21H20FN5O. The average Bonchev–Trinajstić information content (AvgIpc) is 3.15. The van der Waals surface area contributed by atoms with Crippen LogP contribution in [0.2, 0.25) is 0 Å². The highest BCUT2D eigenvalue weighted by Gasteiger charge is 2.12. The molecule has 4 rings (SSSR count). The maximum atomic E-state index is 14.6. The molecule has 0 saturated carbocycles. The molecule has 1 N–H and O–H groups in total. The second-order valence-corrected chi connectivity index (χ2v) is 6.53. The van der Waals surface area contributed by atoms with Gasteiger partial charge in [0.1, 0.15) is 5.82 Å². The molecule has 0 aliphatic carbocycles. The van der Waals surface area contributed by atoms with Gasteiger partial charge < -0.3 is 10.1 Å². The molecular weight excluding hydrogens is 357 g/mol. The molecule has 0 spiro atoms. The average molecular weight is 377 g/mol. The van der Waals surface area contributed by atoms with Gasteiger partial charge in [0.2, 0.25) is 0 Å². The van der Waals surface area contributed by atoms with E-state index in [0.717, 1.165) is 34.0 Å². The van der Waals surface area contributed by atoms with Crippen LogP contribution in [0.4, 0.5) is 15.9 Å². The summed E-state index contributed by atoms with van der Waals surface area (Å²) in [4.78, 5) is 8.83. The third kappa shape index (κ3) is 3.38. The van der Waals surface area contributed by atoms with Crippen molar-refractivity contribution in [2.24, 2.45) is 7.05 Å². The van der Waals surface area contributed by atoms with E-state index in [1.165, 1.54) is 7.11 Å². The summed E-state index contributed by atoms with van der Waals surface area (Å²) in [5, 5.41) is 8.17. The van der Waals surface area contributed by atoms with E-state index in [4.69, 9.17) is 4.74 Å². The molecule has 7 heteroatoms. The molecule has 1 aromatic carbocycles. The lowest BCUT2D eigenvalue weighted by Crippen LogP contribution is -2.00. The lowest BCUT2D eigenvalue weighted by atomic mass is 10.1. The van der Waals surface area contributed by atoms with Gasteiger partial charge in [-0.3, -0.25) is 9.67 Å². The van der Waals surface area contributed by atoms with Gasteiger partial charge in [-0.2, -0.15) is 5.10 Å². The Morgan fingerprint density at radius 1 is 1.07 bits per heavy atom. The molecule has 0 amide bonds. The molecule has 0 fully saturated rings. The van der Waals surface area contributed by atoms with Gasteiger partial charge in [0.25, 0.3) is 0 Å². The largest absolute Gasteiger partial charge is 0.494 e. The molecule has 4 aromatic rings. The number of anilines is 2. The molecule has 6 nitrogen and oxygen atoms in total. The Hall–Kier alpha value is -3.48. The minimum absolute atomic E-state index is 0.211. The number of ether oxygens (including phenoxy) is 1. The summed E-state index contributed by atoms with van der Waals surface area (Å²) in [6, 6.07) is 7.35. The van der Waals surface area contributed by atoms with E-state index in [1.807, 2.05) is 32.3 Å². The van der Waals surface area contributed by atoms with Crippen LogP contribution < -0.4 is 10.1 Å². The summed E-state index contributed by atoms with van der Waals surface area (Å²) in [6.07, 6.45) is 7.96. The third-order valence-corrected chi connectivity index (χ3v) is 4.60. The molecule has 3 aromatic heterocycles. The maximum absolute atomic E-state index is 14.6. The summed E-state index contributed by atoms with van der Waals surface area (Å²) in [5.74, 6) is 0.304. The van der Waals surface area contributed by atoms with Crippen molar-refractivity contribution in [1.82, 2.24) is 19.7 Å². The highest BCUT2D eigenvalue weighted by molar-refractivity contribution is 5.85. The second-order valence-electron chi connectivity index (χ2n) is 6.53. The Balaban J connectivity index is 1.72. The zero-order valence-electron chi connectivity index (χ0n) is 15.9. The van der Waals surface area contributed by atoms with Crippen molar-refractivity contribution in [3.63, 3.8) is 0 Å². The number of hydrogen-bond donors (Lipinski definition) is 1. The van der Waals surface area contributed by atoms with E-state index in [2.05, 4.69) is 20.4 Å². The number of benzene rings is 1. The van der Waals surface area contributed by atoms with Crippen molar-refractivity contribution in [3.05, 3.63) is 60.4 Å². The minimum atomic E-state index is -0.441. The Morgan fingerprint density at radius 3 is 2.64 bits per heavy atom. The van der Waals surface area contributed by atoms with Crippen LogP contribution in [0.3, 0.4) is 0 Å². The molecule has 0 unspecified atom stereocenters. The molecule has 28 heavy (non-hydrogen) atoms. The number of hydrogen-bond acceptors (Lipinski definition) is 5. The number of nitrogens with one attached hydrogen (secondary N) is 1.